The van der Waals surface area contributed by atoms with Gasteiger partial charge in [0.25, 0.3) is 0 Å². The summed E-state index contributed by atoms with van der Waals surface area (Å²) in [4.78, 5) is 2.28. The second kappa shape index (κ2) is 5.80. The highest BCUT2D eigenvalue weighted by atomic mass is 16.5. The predicted molar refractivity (Wildman–Crippen MR) is 68.2 cm³/mol. The molecule has 4 N–H and O–H groups in total. The van der Waals surface area contributed by atoms with Crippen LogP contribution in [0.1, 0.15) is 33.6 Å². The zero-order valence-corrected chi connectivity index (χ0v) is 11.1. The Bertz CT molecular complexity index is 268. The van der Waals surface area contributed by atoms with E-state index in [2.05, 4.69) is 11.8 Å². The van der Waals surface area contributed by atoms with Gasteiger partial charge in [0.05, 0.1) is 24.1 Å². The summed E-state index contributed by atoms with van der Waals surface area (Å²) >= 11 is 0. The van der Waals surface area contributed by atoms with E-state index in [-0.39, 0.29) is 30.2 Å². The smallest absolute Gasteiger partial charge is 0.0940 e. The number of aliphatic hydroxyl groups excluding tert-OH is 1. The molecule has 1 heterocycles. The summed E-state index contributed by atoms with van der Waals surface area (Å²) in [6, 6.07) is 0.268. The van der Waals surface area contributed by atoms with E-state index in [0.29, 0.717) is 13.0 Å². The molecule has 1 aliphatic heterocycles. The van der Waals surface area contributed by atoms with Crippen molar-refractivity contribution in [1.29, 1.82) is 5.41 Å². The van der Waals surface area contributed by atoms with Gasteiger partial charge in [0.15, 0.2) is 0 Å². The number of hydrogen-bond acceptors (Lipinski definition) is 4. The van der Waals surface area contributed by atoms with Gasteiger partial charge in [0.2, 0.25) is 0 Å². The van der Waals surface area contributed by atoms with Gasteiger partial charge in [-0.3, -0.25) is 10.3 Å². The Kier molecular flexibility index (Phi) is 4.91. The van der Waals surface area contributed by atoms with Crippen LogP contribution in [0.25, 0.3) is 0 Å². The third kappa shape index (κ3) is 4.26. The zero-order chi connectivity index (χ0) is 13.1. The first-order chi connectivity index (χ1) is 7.88. The molecule has 1 aliphatic rings. The summed E-state index contributed by atoms with van der Waals surface area (Å²) in [5.41, 5.74) is 5.23. The molecule has 0 aromatic heterocycles. The van der Waals surface area contributed by atoms with Crippen LogP contribution >= 0.6 is 0 Å². The summed E-state index contributed by atoms with van der Waals surface area (Å²) in [6.07, 6.45) is 1.40. The molecule has 0 bridgehead atoms. The van der Waals surface area contributed by atoms with Crippen LogP contribution in [0.2, 0.25) is 0 Å². The molecule has 5 nitrogen and oxygen atoms in total. The number of hydrogen-bond donors (Lipinski definition) is 3. The first kappa shape index (κ1) is 14.4. The third-order valence-electron chi connectivity index (χ3n) is 3.15. The lowest BCUT2D eigenvalue weighted by Crippen LogP contribution is -2.57. The summed E-state index contributed by atoms with van der Waals surface area (Å²) in [6.45, 7) is 7.73. The van der Waals surface area contributed by atoms with Crippen LogP contribution in [0.15, 0.2) is 0 Å². The van der Waals surface area contributed by atoms with Crippen molar-refractivity contribution in [2.24, 2.45) is 5.73 Å². The zero-order valence-electron chi connectivity index (χ0n) is 11.1. The number of morpholine rings is 1. The van der Waals surface area contributed by atoms with Crippen molar-refractivity contribution in [3.63, 3.8) is 0 Å². The number of nitrogens with one attached hydrogen (secondary N) is 1. The van der Waals surface area contributed by atoms with Crippen molar-refractivity contribution in [1.82, 2.24) is 4.90 Å². The number of rotatable bonds is 5. The normalized spacial score (nSPS) is 26.7. The Morgan fingerprint density at radius 1 is 1.65 bits per heavy atom. The standard InChI is InChI=1S/C12H25N3O2/c1-4-9(5-11(13)14)15-6-10(7-16)17-12(2,3)8-15/h9-10,16H,4-8H2,1-3H3,(H3,13,14). The van der Waals surface area contributed by atoms with Crippen molar-refractivity contribution in [2.45, 2.75) is 51.4 Å². The van der Waals surface area contributed by atoms with Crippen LogP contribution in [0.5, 0.6) is 0 Å². The monoisotopic (exact) mass is 243 g/mol. The third-order valence-corrected chi connectivity index (χ3v) is 3.15. The summed E-state index contributed by atoms with van der Waals surface area (Å²) in [5.74, 6) is 0.224. The molecule has 5 heteroatoms. The molecule has 0 amide bonds. The lowest BCUT2D eigenvalue weighted by Gasteiger charge is -2.45. The topological polar surface area (TPSA) is 82.6 Å². The van der Waals surface area contributed by atoms with Crippen molar-refractivity contribution < 1.29 is 9.84 Å². The average molecular weight is 243 g/mol. The molecule has 0 aromatic rings. The molecular formula is C12H25N3O2. The molecule has 17 heavy (non-hydrogen) atoms. The fourth-order valence-corrected chi connectivity index (χ4v) is 2.50. The molecule has 2 unspecified atom stereocenters. The first-order valence-electron chi connectivity index (χ1n) is 6.23. The molecule has 100 valence electrons. The highest BCUT2D eigenvalue weighted by Crippen LogP contribution is 2.24. The van der Waals surface area contributed by atoms with Gasteiger partial charge in [-0.1, -0.05) is 6.92 Å². The second-order valence-electron chi connectivity index (χ2n) is 5.40. The molecule has 2 atom stereocenters. The molecule has 0 saturated carbocycles. The summed E-state index contributed by atoms with van der Waals surface area (Å²) in [7, 11) is 0. The molecular weight excluding hydrogens is 218 g/mol. The maximum atomic E-state index is 9.26. The van der Waals surface area contributed by atoms with Gasteiger partial charge in [0.1, 0.15) is 0 Å². The Hall–Kier alpha value is -0.650. The Morgan fingerprint density at radius 2 is 2.29 bits per heavy atom. The predicted octanol–water partition coefficient (Wildman–Crippen LogP) is 0.563. The SMILES string of the molecule is CCC(CC(=N)N)N1CC(CO)OC(C)(C)C1. The molecule has 0 aliphatic carbocycles. The second-order valence-corrected chi connectivity index (χ2v) is 5.40. The maximum absolute atomic E-state index is 9.26. The van der Waals surface area contributed by atoms with Crippen molar-refractivity contribution in [3.05, 3.63) is 0 Å². The van der Waals surface area contributed by atoms with Crippen LogP contribution in [-0.4, -0.2) is 53.3 Å². The number of ether oxygens (including phenoxy) is 1. The Balaban J connectivity index is 2.70. The number of nitrogens with zero attached hydrogens (tertiary/aromatic N) is 1. The van der Waals surface area contributed by atoms with E-state index in [9.17, 15) is 5.11 Å². The van der Waals surface area contributed by atoms with Gasteiger partial charge in [-0.2, -0.15) is 0 Å². The van der Waals surface area contributed by atoms with E-state index in [4.69, 9.17) is 15.9 Å². The minimum atomic E-state index is -0.254. The maximum Gasteiger partial charge on any atom is 0.0940 e. The van der Waals surface area contributed by atoms with Gasteiger partial charge >= 0.3 is 0 Å². The van der Waals surface area contributed by atoms with Crippen molar-refractivity contribution in [2.75, 3.05) is 19.7 Å². The fraction of sp³-hybridized carbons (Fsp3) is 0.917. The molecule has 1 saturated heterocycles. The van der Waals surface area contributed by atoms with Gasteiger partial charge < -0.3 is 15.6 Å². The van der Waals surface area contributed by atoms with E-state index < -0.39 is 0 Å². The highest BCUT2D eigenvalue weighted by molar-refractivity contribution is 5.77. The molecule has 0 spiro atoms. The fourth-order valence-electron chi connectivity index (χ4n) is 2.50. The van der Waals surface area contributed by atoms with Gasteiger partial charge in [-0.15, -0.1) is 0 Å². The average Bonchev–Trinajstić information content (AvgIpc) is 2.23. The highest BCUT2D eigenvalue weighted by Gasteiger charge is 2.35. The Morgan fingerprint density at radius 3 is 2.76 bits per heavy atom. The van der Waals surface area contributed by atoms with Gasteiger partial charge in [-0.05, 0) is 20.3 Å². The largest absolute Gasteiger partial charge is 0.394 e. The van der Waals surface area contributed by atoms with E-state index in [1.807, 2.05) is 13.8 Å². The molecule has 1 fully saturated rings. The van der Waals surface area contributed by atoms with E-state index >= 15 is 0 Å². The van der Waals surface area contributed by atoms with E-state index in [1.54, 1.807) is 0 Å². The summed E-state index contributed by atoms with van der Waals surface area (Å²) in [5, 5.41) is 16.7. The van der Waals surface area contributed by atoms with Crippen LogP contribution in [-0.2, 0) is 4.74 Å². The molecule has 0 radical (unpaired) electrons. The summed E-state index contributed by atoms with van der Waals surface area (Å²) < 4.78 is 5.78. The van der Waals surface area contributed by atoms with Crippen molar-refractivity contribution in [3.8, 4) is 0 Å². The van der Waals surface area contributed by atoms with Crippen molar-refractivity contribution >= 4 is 5.84 Å². The van der Waals surface area contributed by atoms with Gasteiger partial charge in [-0.25, -0.2) is 0 Å². The number of amidine groups is 1. The van der Waals surface area contributed by atoms with Gasteiger partial charge in [0, 0.05) is 25.6 Å². The minimum Gasteiger partial charge on any atom is -0.394 e. The quantitative estimate of drug-likeness (QED) is 0.487. The van der Waals surface area contributed by atoms with E-state index in [0.717, 1.165) is 13.0 Å². The van der Waals surface area contributed by atoms with E-state index in [1.165, 1.54) is 0 Å². The van der Waals surface area contributed by atoms with Crippen LogP contribution in [0.3, 0.4) is 0 Å². The first-order valence-corrected chi connectivity index (χ1v) is 6.23. The molecule has 1 rings (SSSR count). The number of aliphatic hydroxyl groups is 1. The van der Waals surface area contributed by atoms with Crippen LogP contribution in [0.4, 0.5) is 0 Å². The lowest BCUT2D eigenvalue weighted by atomic mass is 10.0. The number of nitrogens with two attached hydrogens (primary N) is 1. The van der Waals surface area contributed by atoms with Crippen LogP contribution < -0.4 is 5.73 Å². The Labute approximate surface area is 103 Å². The minimum absolute atomic E-state index is 0.0381. The molecule has 0 aromatic carbocycles. The van der Waals surface area contributed by atoms with Crippen LogP contribution in [0, 0.1) is 5.41 Å². The lowest BCUT2D eigenvalue weighted by molar-refractivity contribution is -0.156.